The summed E-state index contributed by atoms with van der Waals surface area (Å²) in [5.74, 6) is -0.299. The van der Waals surface area contributed by atoms with Crippen LogP contribution in [0.2, 0.25) is 0 Å². The molecule has 0 aliphatic rings. The van der Waals surface area contributed by atoms with E-state index >= 15 is 0 Å². The van der Waals surface area contributed by atoms with E-state index in [1.165, 1.54) is 12.1 Å². The van der Waals surface area contributed by atoms with Crippen LogP contribution < -0.4 is 0 Å². The third-order valence-electron chi connectivity index (χ3n) is 2.16. The van der Waals surface area contributed by atoms with Crippen LogP contribution in [0.15, 0.2) is 23.1 Å². The van der Waals surface area contributed by atoms with Crippen molar-refractivity contribution in [2.75, 3.05) is 6.61 Å². The molecular formula is C12H12F3IO2S. The van der Waals surface area contributed by atoms with E-state index in [1.54, 1.807) is 13.0 Å². The van der Waals surface area contributed by atoms with Crippen LogP contribution in [0.4, 0.5) is 13.2 Å². The van der Waals surface area contributed by atoms with Crippen molar-refractivity contribution in [3.63, 3.8) is 0 Å². The van der Waals surface area contributed by atoms with Gasteiger partial charge in [-0.15, -0.1) is 0 Å². The Bertz CT molecular complexity index is 449. The maximum atomic E-state index is 12.2. The zero-order chi connectivity index (χ0) is 14.5. The van der Waals surface area contributed by atoms with Crippen LogP contribution in [-0.2, 0) is 16.0 Å². The lowest BCUT2D eigenvalue weighted by Gasteiger charge is -2.09. The third-order valence-corrected chi connectivity index (χ3v) is 3.89. The second kappa shape index (κ2) is 7.37. The topological polar surface area (TPSA) is 26.3 Å². The van der Waals surface area contributed by atoms with Crippen LogP contribution in [0.25, 0.3) is 0 Å². The lowest BCUT2D eigenvalue weighted by atomic mass is 10.1. The normalized spacial score (nSPS) is 11.4. The number of ether oxygens (including phenoxy) is 1. The number of aryl methyl sites for hydroxylation is 1. The number of benzene rings is 1. The first-order valence-electron chi connectivity index (χ1n) is 5.51. The van der Waals surface area contributed by atoms with Crippen LogP contribution in [0, 0.1) is 3.57 Å². The number of thioether (sulfide) groups is 1. The Balaban J connectivity index is 2.64. The van der Waals surface area contributed by atoms with Gasteiger partial charge in [-0.05, 0) is 65.4 Å². The quantitative estimate of drug-likeness (QED) is 0.414. The molecule has 0 saturated heterocycles. The molecule has 1 aromatic rings. The van der Waals surface area contributed by atoms with Gasteiger partial charge in [0, 0.05) is 14.9 Å². The summed E-state index contributed by atoms with van der Waals surface area (Å²) in [6.07, 6.45) is 0.698. The van der Waals surface area contributed by atoms with Gasteiger partial charge in [0.1, 0.15) is 0 Å². The Morgan fingerprint density at radius 1 is 1.42 bits per heavy atom. The van der Waals surface area contributed by atoms with Crippen molar-refractivity contribution >= 4 is 40.3 Å². The zero-order valence-corrected chi connectivity index (χ0v) is 13.1. The van der Waals surface area contributed by atoms with Crippen LogP contribution >= 0.6 is 34.4 Å². The molecule has 0 aliphatic heterocycles. The minimum Gasteiger partial charge on any atom is -0.466 e. The zero-order valence-electron chi connectivity index (χ0n) is 10.1. The van der Waals surface area contributed by atoms with Crippen molar-refractivity contribution in [3.05, 3.63) is 27.3 Å². The van der Waals surface area contributed by atoms with E-state index < -0.39 is 5.51 Å². The molecule has 1 rings (SSSR count). The van der Waals surface area contributed by atoms with Gasteiger partial charge in [-0.2, -0.15) is 13.2 Å². The Kier molecular flexibility index (Phi) is 6.45. The Morgan fingerprint density at radius 3 is 2.63 bits per heavy atom. The smallest absolute Gasteiger partial charge is 0.446 e. The Labute approximate surface area is 127 Å². The predicted octanol–water partition coefficient (Wildman–Crippen LogP) is 4.40. The molecule has 0 fully saturated rings. The van der Waals surface area contributed by atoms with Crippen molar-refractivity contribution in [2.24, 2.45) is 0 Å². The van der Waals surface area contributed by atoms with Gasteiger partial charge in [0.2, 0.25) is 0 Å². The molecule has 0 unspecified atom stereocenters. The summed E-state index contributed by atoms with van der Waals surface area (Å²) in [6, 6.07) is 4.51. The van der Waals surface area contributed by atoms with Crippen molar-refractivity contribution in [2.45, 2.75) is 30.2 Å². The molecule has 2 nitrogen and oxygen atoms in total. The summed E-state index contributed by atoms with van der Waals surface area (Å²) in [4.78, 5) is 11.4. The minimum absolute atomic E-state index is 0.140. The highest BCUT2D eigenvalue weighted by Gasteiger charge is 2.29. The van der Waals surface area contributed by atoms with Gasteiger partial charge in [-0.3, -0.25) is 4.79 Å². The standard InChI is InChI=1S/C12H12F3IO2S/c1-2-18-11(17)6-4-8-3-5-9(7-10(8)16)19-12(13,14)15/h3,5,7H,2,4,6H2,1H3. The fourth-order valence-corrected chi connectivity index (χ4v) is 2.97. The maximum absolute atomic E-state index is 12.2. The second-order valence-corrected chi connectivity index (χ2v) is 5.91. The first-order valence-corrected chi connectivity index (χ1v) is 7.41. The molecule has 0 heterocycles. The molecule has 7 heteroatoms. The molecule has 0 bridgehead atoms. The molecular weight excluding hydrogens is 392 g/mol. The summed E-state index contributed by atoms with van der Waals surface area (Å²) < 4.78 is 42.2. The molecule has 0 aromatic heterocycles. The molecule has 0 spiro atoms. The minimum atomic E-state index is -4.28. The van der Waals surface area contributed by atoms with E-state index in [2.05, 4.69) is 0 Å². The molecule has 0 radical (unpaired) electrons. The number of alkyl halides is 3. The average Bonchev–Trinajstić information content (AvgIpc) is 2.26. The Morgan fingerprint density at radius 2 is 2.11 bits per heavy atom. The molecule has 0 N–H and O–H groups in total. The first-order chi connectivity index (χ1) is 8.81. The van der Waals surface area contributed by atoms with E-state index in [-0.39, 0.29) is 29.0 Å². The number of halogens is 4. The predicted molar refractivity (Wildman–Crippen MR) is 76.0 cm³/mol. The van der Waals surface area contributed by atoms with E-state index in [4.69, 9.17) is 4.74 Å². The van der Waals surface area contributed by atoms with Crippen molar-refractivity contribution < 1.29 is 22.7 Å². The summed E-state index contributed by atoms with van der Waals surface area (Å²) >= 11 is 1.83. The summed E-state index contributed by atoms with van der Waals surface area (Å²) in [6.45, 7) is 2.06. The maximum Gasteiger partial charge on any atom is 0.446 e. The molecule has 0 atom stereocenters. The molecule has 0 saturated carbocycles. The van der Waals surface area contributed by atoms with Crippen LogP contribution in [0.5, 0.6) is 0 Å². The van der Waals surface area contributed by atoms with Crippen LogP contribution in [-0.4, -0.2) is 18.1 Å². The summed E-state index contributed by atoms with van der Waals surface area (Å²) in [5.41, 5.74) is -3.43. The van der Waals surface area contributed by atoms with Crippen LogP contribution in [0.3, 0.4) is 0 Å². The van der Waals surface area contributed by atoms with Gasteiger partial charge >= 0.3 is 11.5 Å². The van der Waals surface area contributed by atoms with Gasteiger partial charge in [0.25, 0.3) is 0 Å². The SMILES string of the molecule is CCOC(=O)CCc1ccc(SC(F)(F)F)cc1I. The number of hydrogen-bond donors (Lipinski definition) is 0. The first kappa shape index (κ1) is 16.6. The highest BCUT2D eigenvalue weighted by atomic mass is 127. The van der Waals surface area contributed by atoms with E-state index in [0.717, 1.165) is 9.13 Å². The summed E-state index contributed by atoms with van der Waals surface area (Å²) in [5, 5.41) is 0. The van der Waals surface area contributed by atoms with E-state index in [0.29, 0.717) is 13.0 Å². The van der Waals surface area contributed by atoms with E-state index in [1.807, 2.05) is 22.6 Å². The average molecular weight is 404 g/mol. The Hall–Kier alpha value is -0.440. The van der Waals surface area contributed by atoms with Crippen molar-refractivity contribution in [1.29, 1.82) is 0 Å². The molecule has 1 aromatic carbocycles. The van der Waals surface area contributed by atoms with Gasteiger partial charge in [0.05, 0.1) is 6.61 Å². The number of esters is 1. The second-order valence-electron chi connectivity index (χ2n) is 3.61. The van der Waals surface area contributed by atoms with Crippen molar-refractivity contribution in [1.82, 2.24) is 0 Å². The number of carbonyl (C=O) groups is 1. The van der Waals surface area contributed by atoms with Gasteiger partial charge in [-0.1, -0.05) is 6.07 Å². The van der Waals surface area contributed by atoms with Gasteiger partial charge in [-0.25, -0.2) is 0 Å². The monoisotopic (exact) mass is 404 g/mol. The lowest BCUT2D eigenvalue weighted by Crippen LogP contribution is -2.06. The fraction of sp³-hybridized carbons (Fsp3) is 0.417. The van der Waals surface area contributed by atoms with Crippen molar-refractivity contribution in [3.8, 4) is 0 Å². The van der Waals surface area contributed by atoms with Crippen LogP contribution in [0.1, 0.15) is 18.9 Å². The fourth-order valence-electron chi connectivity index (χ4n) is 1.40. The van der Waals surface area contributed by atoms with Gasteiger partial charge < -0.3 is 4.74 Å². The largest absolute Gasteiger partial charge is 0.466 e. The molecule has 19 heavy (non-hydrogen) atoms. The molecule has 0 amide bonds. The van der Waals surface area contributed by atoms with E-state index in [9.17, 15) is 18.0 Å². The number of rotatable bonds is 5. The number of hydrogen-bond acceptors (Lipinski definition) is 3. The third kappa shape index (κ3) is 6.51. The number of carbonyl (C=O) groups excluding carboxylic acids is 1. The van der Waals surface area contributed by atoms with Gasteiger partial charge in [0.15, 0.2) is 0 Å². The highest BCUT2D eigenvalue weighted by molar-refractivity contribution is 14.1. The molecule has 0 aliphatic carbocycles. The highest BCUT2D eigenvalue weighted by Crippen LogP contribution is 2.37. The summed E-state index contributed by atoms with van der Waals surface area (Å²) in [7, 11) is 0. The molecule has 106 valence electrons. The lowest BCUT2D eigenvalue weighted by molar-refractivity contribution is -0.143.